The van der Waals surface area contributed by atoms with Crippen molar-refractivity contribution < 1.29 is 9.72 Å². The van der Waals surface area contributed by atoms with Crippen LogP contribution in [0.2, 0.25) is 0 Å². The highest BCUT2D eigenvalue weighted by atomic mass is 16.6. The van der Waals surface area contributed by atoms with Crippen molar-refractivity contribution in [3.63, 3.8) is 0 Å². The molecule has 3 rings (SSSR count). The van der Waals surface area contributed by atoms with Gasteiger partial charge < -0.3 is 10.2 Å². The minimum atomic E-state index is -0.817. The number of carbonyl (C=O) groups excluding carboxylic acids is 1. The molecule has 0 aromatic heterocycles. The number of rotatable bonds is 5. The lowest BCUT2D eigenvalue weighted by atomic mass is 9.98. The number of nitrogens with one attached hydrogen (secondary N) is 1. The van der Waals surface area contributed by atoms with Gasteiger partial charge in [-0.3, -0.25) is 14.9 Å². The van der Waals surface area contributed by atoms with Crippen LogP contribution in [0, 0.1) is 27.4 Å². The monoisotopic (exact) mass is 314 g/mol. The Bertz CT molecular complexity index is 708. The minimum Gasteiger partial charge on any atom is -0.361 e. The summed E-state index contributed by atoms with van der Waals surface area (Å²) in [5.41, 5.74) is 0.950. The molecule has 1 heterocycles. The molecule has 0 saturated heterocycles. The van der Waals surface area contributed by atoms with Crippen LogP contribution in [0.1, 0.15) is 25.3 Å². The van der Waals surface area contributed by atoms with Crippen molar-refractivity contribution in [2.24, 2.45) is 5.92 Å². The molecule has 1 aromatic carbocycles. The van der Waals surface area contributed by atoms with Gasteiger partial charge >= 0.3 is 0 Å². The van der Waals surface area contributed by atoms with E-state index in [9.17, 15) is 20.2 Å². The SMILES string of the molecule is CC(C#N)(NC(=O)CN1CCc2ccc([N+](=O)[O-])cc21)C1CC1. The maximum absolute atomic E-state index is 12.3. The average molecular weight is 314 g/mol. The molecule has 0 radical (unpaired) electrons. The Hall–Kier alpha value is -2.62. The molecule has 1 N–H and O–H groups in total. The highest BCUT2D eigenvalue weighted by Gasteiger charge is 2.43. The van der Waals surface area contributed by atoms with Crippen molar-refractivity contribution in [1.82, 2.24) is 5.32 Å². The van der Waals surface area contributed by atoms with E-state index in [4.69, 9.17) is 0 Å². The first kappa shape index (κ1) is 15.3. The average Bonchev–Trinajstić information content (AvgIpc) is 3.31. The number of hydrogen-bond donors (Lipinski definition) is 1. The number of carbonyl (C=O) groups is 1. The predicted octanol–water partition coefficient (Wildman–Crippen LogP) is 1.77. The van der Waals surface area contributed by atoms with Gasteiger partial charge in [0.2, 0.25) is 5.91 Å². The Labute approximate surface area is 134 Å². The number of fused-ring (bicyclic) bond motifs is 1. The standard InChI is InChI=1S/C16H18N4O3/c1-16(10-17,12-3-4-12)18-15(21)9-19-7-6-11-2-5-13(20(22)23)8-14(11)19/h2,5,8,12H,3-4,6-7,9H2,1H3,(H,18,21). The lowest BCUT2D eigenvalue weighted by Gasteiger charge is -2.25. The second kappa shape index (κ2) is 5.54. The van der Waals surface area contributed by atoms with Crippen molar-refractivity contribution in [3.05, 3.63) is 33.9 Å². The van der Waals surface area contributed by atoms with E-state index in [-0.39, 0.29) is 24.1 Å². The van der Waals surface area contributed by atoms with Gasteiger partial charge in [0.05, 0.1) is 17.5 Å². The molecule has 1 atom stereocenters. The molecule has 2 aliphatic rings. The van der Waals surface area contributed by atoms with Crippen LogP contribution in [0.4, 0.5) is 11.4 Å². The van der Waals surface area contributed by atoms with Gasteiger partial charge in [0.15, 0.2) is 0 Å². The van der Waals surface area contributed by atoms with Gasteiger partial charge in [-0.05, 0) is 37.7 Å². The molecular formula is C16H18N4O3. The second-order valence-corrected chi connectivity index (χ2v) is 6.38. The van der Waals surface area contributed by atoms with E-state index in [0.717, 1.165) is 30.5 Å². The Morgan fingerprint density at radius 1 is 1.57 bits per heavy atom. The largest absolute Gasteiger partial charge is 0.361 e. The molecule has 1 aromatic rings. The molecular weight excluding hydrogens is 296 g/mol. The van der Waals surface area contributed by atoms with E-state index in [1.807, 2.05) is 4.90 Å². The normalized spacial score (nSPS) is 18.7. The molecule has 1 amide bonds. The molecule has 0 spiro atoms. The maximum Gasteiger partial charge on any atom is 0.271 e. The highest BCUT2D eigenvalue weighted by molar-refractivity contribution is 5.83. The van der Waals surface area contributed by atoms with Crippen LogP contribution in [0.15, 0.2) is 18.2 Å². The number of anilines is 1. The number of nitro groups is 1. The van der Waals surface area contributed by atoms with E-state index in [1.165, 1.54) is 12.1 Å². The summed E-state index contributed by atoms with van der Waals surface area (Å²) >= 11 is 0. The van der Waals surface area contributed by atoms with Crippen LogP contribution in [-0.4, -0.2) is 29.5 Å². The van der Waals surface area contributed by atoms with E-state index in [1.54, 1.807) is 13.0 Å². The molecule has 1 aliphatic carbocycles. The number of hydrogen-bond acceptors (Lipinski definition) is 5. The fourth-order valence-electron chi connectivity index (χ4n) is 3.10. The van der Waals surface area contributed by atoms with Gasteiger partial charge in [0, 0.05) is 24.4 Å². The highest BCUT2D eigenvalue weighted by Crippen LogP contribution is 2.39. The van der Waals surface area contributed by atoms with E-state index in [0.29, 0.717) is 6.54 Å². The molecule has 7 heteroatoms. The first-order valence-electron chi connectivity index (χ1n) is 7.67. The molecule has 7 nitrogen and oxygen atoms in total. The number of nitrogens with zero attached hydrogens (tertiary/aromatic N) is 3. The fraction of sp³-hybridized carbons (Fsp3) is 0.500. The molecule has 1 fully saturated rings. The molecule has 1 aliphatic heterocycles. The number of non-ortho nitro benzene ring substituents is 1. The Morgan fingerprint density at radius 2 is 2.30 bits per heavy atom. The van der Waals surface area contributed by atoms with Crippen LogP contribution in [0.5, 0.6) is 0 Å². The summed E-state index contributed by atoms with van der Waals surface area (Å²) in [6.07, 6.45) is 2.69. The summed E-state index contributed by atoms with van der Waals surface area (Å²) in [6, 6.07) is 6.95. The van der Waals surface area contributed by atoms with Crippen LogP contribution in [0.25, 0.3) is 0 Å². The summed E-state index contributed by atoms with van der Waals surface area (Å²) in [4.78, 5) is 24.6. The van der Waals surface area contributed by atoms with Crippen molar-refractivity contribution in [3.8, 4) is 6.07 Å². The Balaban J connectivity index is 1.71. The molecule has 1 unspecified atom stereocenters. The van der Waals surface area contributed by atoms with Crippen molar-refractivity contribution in [1.29, 1.82) is 5.26 Å². The van der Waals surface area contributed by atoms with Crippen LogP contribution in [-0.2, 0) is 11.2 Å². The topological polar surface area (TPSA) is 99.3 Å². The zero-order chi connectivity index (χ0) is 16.6. The molecule has 0 bridgehead atoms. The van der Waals surface area contributed by atoms with E-state index >= 15 is 0 Å². The van der Waals surface area contributed by atoms with Gasteiger partial charge in [-0.15, -0.1) is 0 Å². The third-order valence-electron chi connectivity index (χ3n) is 4.63. The number of amides is 1. The quantitative estimate of drug-likeness (QED) is 0.659. The third kappa shape index (κ3) is 2.97. The Morgan fingerprint density at radius 3 is 2.91 bits per heavy atom. The van der Waals surface area contributed by atoms with Gasteiger partial charge in [0.25, 0.3) is 5.69 Å². The van der Waals surface area contributed by atoms with Crippen LogP contribution < -0.4 is 10.2 Å². The lowest BCUT2D eigenvalue weighted by Crippen LogP contribution is -2.50. The van der Waals surface area contributed by atoms with E-state index in [2.05, 4.69) is 11.4 Å². The smallest absolute Gasteiger partial charge is 0.271 e. The van der Waals surface area contributed by atoms with Gasteiger partial charge in [-0.1, -0.05) is 6.07 Å². The summed E-state index contributed by atoms with van der Waals surface area (Å²) in [7, 11) is 0. The first-order chi connectivity index (χ1) is 10.9. The molecule has 1 saturated carbocycles. The molecule has 23 heavy (non-hydrogen) atoms. The first-order valence-corrected chi connectivity index (χ1v) is 7.67. The van der Waals surface area contributed by atoms with Crippen LogP contribution in [0.3, 0.4) is 0 Å². The summed E-state index contributed by atoms with van der Waals surface area (Å²) in [6.45, 7) is 2.51. The van der Waals surface area contributed by atoms with Crippen molar-refractivity contribution in [2.75, 3.05) is 18.0 Å². The lowest BCUT2D eigenvalue weighted by molar-refractivity contribution is -0.384. The molecule has 120 valence electrons. The minimum absolute atomic E-state index is 0.0240. The van der Waals surface area contributed by atoms with Gasteiger partial charge in [0.1, 0.15) is 5.54 Å². The zero-order valence-corrected chi connectivity index (χ0v) is 12.9. The van der Waals surface area contributed by atoms with Crippen molar-refractivity contribution >= 4 is 17.3 Å². The van der Waals surface area contributed by atoms with Crippen molar-refractivity contribution in [2.45, 2.75) is 31.7 Å². The van der Waals surface area contributed by atoms with Gasteiger partial charge in [-0.2, -0.15) is 5.26 Å². The summed E-state index contributed by atoms with van der Waals surface area (Å²) in [5, 5.41) is 23.0. The second-order valence-electron chi connectivity index (χ2n) is 6.38. The zero-order valence-electron chi connectivity index (χ0n) is 12.9. The third-order valence-corrected chi connectivity index (χ3v) is 4.63. The fourth-order valence-corrected chi connectivity index (χ4v) is 3.10. The van der Waals surface area contributed by atoms with Crippen LogP contribution >= 0.6 is 0 Å². The van der Waals surface area contributed by atoms with E-state index < -0.39 is 10.5 Å². The number of benzene rings is 1. The summed E-state index contributed by atoms with van der Waals surface area (Å²) in [5.74, 6) is 0.00343. The summed E-state index contributed by atoms with van der Waals surface area (Å²) < 4.78 is 0. The predicted molar refractivity (Wildman–Crippen MR) is 83.9 cm³/mol. The number of nitro benzene ring substituents is 1. The maximum atomic E-state index is 12.3. The Kier molecular flexibility index (Phi) is 3.68. The van der Waals surface area contributed by atoms with Gasteiger partial charge in [-0.25, -0.2) is 0 Å². The number of nitriles is 1.